The first kappa shape index (κ1) is 15.8. The molecule has 0 heterocycles. The van der Waals surface area contributed by atoms with Crippen LogP contribution < -0.4 is 9.47 Å². The van der Waals surface area contributed by atoms with Gasteiger partial charge in [0.2, 0.25) is 0 Å². The van der Waals surface area contributed by atoms with Crippen molar-refractivity contribution in [1.29, 1.82) is 0 Å². The number of methoxy groups -OCH3 is 1. The SMILES string of the molecule is COc1cc(Br)c(OC(C)C(=O)O)c(C(C)(C)C)c1. The summed E-state index contributed by atoms with van der Waals surface area (Å²) < 4.78 is 11.5. The van der Waals surface area contributed by atoms with Crippen molar-refractivity contribution in [3.63, 3.8) is 0 Å². The molecule has 0 saturated carbocycles. The molecule has 0 aromatic heterocycles. The average molecular weight is 331 g/mol. The van der Waals surface area contributed by atoms with Gasteiger partial charge in [-0.2, -0.15) is 0 Å². The Bertz CT molecular complexity index is 477. The predicted octanol–water partition coefficient (Wildman–Crippen LogP) is 3.61. The Kier molecular flexibility index (Phi) is 4.85. The van der Waals surface area contributed by atoms with Crippen LogP contribution in [0, 0.1) is 0 Å². The highest BCUT2D eigenvalue weighted by Gasteiger charge is 2.25. The van der Waals surface area contributed by atoms with E-state index in [9.17, 15) is 4.79 Å². The molecule has 4 nitrogen and oxygen atoms in total. The summed E-state index contributed by atoms with van der Waals surface area (Å²) in [6.07, 6.45) is -0.911. The number of hydrogen-bond donors (Lipinski definition) is 1. The van der Waals surface area contributed by atoms with Gasteiger partial charge in [0.1, 0.15) is 11.5 Å². The second-order valence-electron chi connectivity index (χ2n) is 5.33. The first-order valence-electron chi connectivity index (χ1n) is 5.94. The summed E-state index contributed by atoms with van der Waals surface area (Å²) in [6.45, 7) is 7.61. The van der Waals surface area contributed by atoms with Gasteiger partial charge in [-0.15, -0.1) is 0 Å². The lowest BCUT2D eigenvalue weighted by atomic mass is 9.86. The molecule has 1 rings (SSSR count). The van der Waals surface area contributed by atoms with Crippen LogP contribution in [0.1, 0.15) is 33.3 Å². The second-order valence-corrected chi connectivity index (χ2v) is 6.19. The molecule has 1 aromatic carbocycles. The van der Waals surface area contributed by atoms with Crippen molar-refractivity contribution in [3.8, 4) is 11.5 Å². The molecule has 0 saturated heterocycles. The van der Waals surface area contributed by atoms with Crippen molar-refractivity contribution in [2.45, 2.75) is 39.2 Å². The highest BCUT2D eigenvalue weighted by Crippen LogP contribution is 2.40. The lowest BCUT2D eigenvalue weighted by molar-refractivity contribution is -0.144. The fraction of sp³-hybridized carbons (Fsp3) is 0.500. The Balaban J connectivity index is 3.32. The first-order valence-corrected chi connectivity index (χ1v) is 6.73. The molecule has 1 atom stereocenters. The van der Waals surface area contributed by atoms with E-state index in [0.29, 0.717) is 16.0 Å². The van der Waals surface area contributed by atoms with Gasteiger partial charge in [0.25, 0.3) is 0 Å². The van der Waals surface area contributed by atoms with Gasteiger partial charge in [0.05, 0.1) is 11.6 Å². The predicted molar refractivity (Wildman–Crippen MR) is 77.1 cm³/mol. The number of carbonyl (C=O) groups is 1. The number of benzene rings is 1. The Morgan fingerprint density at radius 2 is 1.95 bits per heavy atom. The Hall–Kier alpha value is -1.23. The summed E-state index contributed by atoms with van der Waals surface area (Å²) in [7, 11) is 1.59. The van der Waals surface area contributed by atoms with Gasteiger partial charge in [-0.05, 0) is 40.4 Å². The average Bonchev–Trinajstić information content (AvgIpc) is 2.29. The monoisotopic (exact) mass is 330 g/mol. The molecule has 0 amide bonds. The van der Waals surface area contributed by atoms with Crippen LogP contribution in [0.15, 0.2) is 16.6 Å². The molecule has 1 N–H and O–H groups in total. The largest absolute Gasteiger partial charge is 0.497 e. The minimum absolute atomic E-state index is 0.190. The number of rotatable bonds is 4. The Morgan fingerprint density at radius 1 is 1.37 bits per heavy atom. The van der Waals surface area contributed by atoms with E-state index in [-0.39, 0.29) is 5.41 Å². The summed E-state index contributed by atoms with van der Waals surface area (Å²) in [6, 6.07) is 3.63. The van der Waals surface area contributed by atoms with Crippen molar-refractivity contribution in [2.75, 3.05) is 7.11 Å². The molecule has 106 valence electrons. The first-order chi connectivity index (χ1) is 8.66. The van der Waals surface area contributed by atoms with E-state index < -0.39 is 12.1 Å². The van der Waals surface area contributed by atoms with Crippen molar-refractivity contribution in [2.24, 2.45) is 0 Å². The normalized spacial score (nSPS) is 12.9. The zero-order valence-corrected chi connectivity index (χ0v) is 13.4. The molecular formula is C14H19BrO4. The zero-order chi connectivity index (χ0) is 14.8. The fourth-order valence-corrected chi connectivity index (χ4v) is 2.12. The van der Waals surface area contributed by atoms with Crippen LogP contribution in [-0.4, -0.2) is 24.3 Å². The smallest absolute Gasteiger partial charge is 0.344 e. The summed E-state index contributed by atoms with van der Waals surface area (Å²) >= 11 is 3.41. The lowest BCUT2D eigenvalue weighted by Gasteiger charge is -2.25. The highest BCUT2D eigenvalue weighted by atomic mass is 79.9. The van der Waals surface area contributed by atoms with E-state index in [1.807, 2.05) is 26.8 Å². The topological polar surface area (TPSA) is 55.8 Å². The van der Waals surface area contributed by atoms with Crippen LogP contribution in [0.3, 0.4) is 0 Å². The van der Waals surface area contributed by atoms with Gasteiger partial charge in [-0.25, -0.2) is 4.79 Å². The number of aliphatic carboxylic acids is 1. The van der Waals surface area contributed by atoms with Crippen molar-refractivity contribution in [1.82, 2.24) is 0 Å². The molecule has 0 aliphatic carbocycles. The van der Waals surface area contributed by atoms with E-state index in [1.165, 1.54) is 6.92 Å². The molecule has 0 aliphatic heterocycles. The quantitative estimate of drug-likeness (QED) is 0.916. The van der Waals surface area contributed by atoms with Crippen LogP contribution >= 0.6 is 15.9 Å². The third-order valence-corrected chi connectivity index (χ3v) is 3.29. The number of ether oxygens (including phenoxy) is 2. The van der Waals surface area contributed by atoms with E-state index in [0.717, 1.165) is 5.56 Å². The maximum atomic E-state index is 10.9. The van der Waals surface area contributed by atoms with Crippen LogP contribution in [0.4, 0.5) is 0 Å². The van der Waals surface area contributed by atoms with Crippen LogP contribution in [0.5, 0.6) is 11.5 Å². The number of halogens is 1. The summed E-state index contributed by atoms with van der Waals surface area (Å²) in [5.74, 6) is 0.248. The summed E-state index contributed by atoms with van der Waals surface area (Å²) in [5, 5.41) is 8.96. The van der Waals surface area contributed by atoms with Crippen molar-refractivity contribution < 1.29 is 19.4 Å². The lowest BCUT2D eigenvalue weighted by Crippen LogP contribution is -2.25. The van der Waals surface area contributed by atoms with Gasteiger partial charge >= 0.3 is 5.97 Å². The van der Waals surface area contributed by atoms with Gasteiger partial charge in [0, 0.05) is 5.56 Å². The van der Waals surface area contributed by atoms with E-state index in [1.54, 1.807) is 13.2 Å². The van der Waals surface area contributed by atoms with E-state index in [4.69, 9.17) is 14.6 Å². The maximum Gasteiger partial charge on any atom is 0.344 e. The Morgan fingerprint density at radius 3 is 2.37 bits per heavy atom. The van der Waals surface area contributed by atoms with Gasteiger partial charge in [0.15, 0.2) is 6.10 Å². The van der Waals surface area contributed by atoms with Crippen molar-refractivity contribution >= 4 is 21.9 Å². The summed E-state index contributed by atoms with van der Waals surface area (Å²) in [4.78, 5) is 10.9. The molecule has 19 heavy (non-hydrogen) atoms. The second kappa shape index (κ2) is 5.82. The van der Waals surface area contributed by atoms with E-state index in [2.05, 4.69) is 15.9 Å². The molecule has 0 radical (unpaired) electrons. The fourth-order valence-electron chi connectivity index (χ4n) is 1.59. The van der Waals surface area contributed by atoms with Crippen LogP contribution in [0.2, 0.25) is 0 Å². The molecular weight excluding hydrogens is 312 g/mol. The van der Waals surface area contributed by atoms with Gasteiger partial charge in [-0.1, -0.05) is 20.8 Å². The maximum absolute atomic E-state index is 10.9. The molecule has 0 fully saturated rings. The Labute approximate surface area is 121 Å². The minimum Gasteiger partial charge on any atom is -0.497 e. The van der Waals surface area contributed by atoms with E-state index >= 15 is 0 Å². The number of carboxylic acid groups (broad SMARTS) is 1. The molecule has 5 heteroatoms. The third kappa shape index (κ3) is 3.86. The van der Waals surface area contributed by atoms with Crippen molar-refractivity contribution in [3.05, 3.63) is 22.2 Å². The van der Waals surface area contributed by atoms with Gasteiger partial charge in [-0.3, -0.25) is 0 Å². The molecule has 1 unspecified atom stereocenters. The van der Waals surface area contributed by atoms with Gasteiger partial charge < -0.3 is 14.6 Å². The number of carboxylic acids is 1. The number of hydrogen-bond acceptors (Lipinski definition) is 3. The summed E-state index contributed by atoms with van der Waals surface area (Å²) in [5.41, 5.74) is 0.705. The molecule has 0 spiro atoms. The van der Waals surface area contributed by atoms with Crippen LogP contribution in [-0.2, 0) is 10.2 Å². The standard InChI is InChI=1S/C14H19BrO4/c1-8(13(16)17)19-12-10(14(2,3)4)6-9(18-5)7-11(12)15/h6-8H,1-5H3,(H,16,17). The molecule has 1 aromatic rings. The molecule has 0 bridgehead atoms. The van der Waals surface area contributed by atoms with Crippen LogP contribution in [0.25, 0.3) is 0 Å². The minimum atomic E-state index is -0.998. The zero-order valence-electron chi connectivity index (χ0n) is 11.8. The third-order valence-electron chi connectivity index (χ3n) is 2.70. The molecule has 0 aliphatic rings. The highest BCUT2D eigenvalue weighted by molar-refractivity contribution is 9.10.